The first-order valence-electron chi connectivity index (χ1n) is 5.18. The average Bonchev–Trinajstić information content (AvgIpc) is 2.24. The highest BCUT2D eigenvalue weighted by molar-refractivity contribution is 6.32. The second-order valence-corrected chi connectivity index (χ2v) is 4.06. The van der Waals surface area contributed by atoms with E-state index in [2.05, 4.69) is 5.32 Å². The van der Waals surface area contributed by atoms with Gasteiger partial charge in [-0.05, 0) is 32.0 Å². The highest BCUT2D eigenvalue weighted by Crippen LogP contribution is 2.19. The Labute approximate surface area is 101 Å². The van der Waals surface area contributed by atoms with Gasteiger partial charge in [0.05, 0.1) is 23.3 Å². The van der Waals surface area contributed by atoms with E-state index in [1.807, 2.05) is 26.0 Å². The highest BCUT2D eigenvalue weighted by atomic mass is 35.5. The lowest BCUT2D eigenvalue weighted by Crippen LogP contribution is -2.13. The van der Waals surface area contributed by atoms with Gasteiger partial charge in [0.15, 0.2) is 0 Å². The van der Waals surface area contributed by atoms with E-state index in [0.717, 1.165) is 12.2 Å². The molecule has 0 aliphatic heterocycles. The minimum Gasteiger partial charge on any atom is -0.383 e. The molecule has 0 aromatic heterocycles. The van der Waals surface area contributed by atoms with Crippen LogP contribution in [-0.2, 0) is 4.74 Å². The summed E-state index contributed by atoms with van der Waals surface area (Å²) in [5, 5.41) is 12.4. The maximum atomic E-state index is 8.71. The van der Waals surface area contributed by atoms with E-state index in [1.165, 1.54) is 0 Å². The van der Waals surface area contributed by atoms with Crippen LogP contribution >= 0.6 is 11.6 Å². The van der Waals surface area contributed by atoms with Crippen molar-refractivity contribution in [2.75, 3.05) is 18.5 Å². The van der Waals surface area contributed by atoms with Crippen LogP contribution in [-0.4, -0.2) is 19.3 Å². The summed E-state index contributed by atoms with van der Waals surface area (Å²) < 4.78 is 5.39. The van der Waals surface area contributed by atoms with Gasteiger partial charge in [0.25, 0.3) is 0 Å². The molecule has 0 fully saturated rings. The number of anilines is 1. The lowest BCUT2D eigenvalue weighted by Gasteiger charge is -2.09. The molecule has 0 spiro atoms. The summed E-state index contributed by atoms with van der Waals surface area (Å²) in [7, 11) is 0. The van der Waals surface area contributed by atoms with E-state index in [-0.39, 0.29) is 6.10 Å². The van der Waals surface area contributed by atoms with Crippen molar-refractivity contribution in [3.63, 3.8) is 0 Å². The molecule has 1 aromatic carbocycles. The summed E-state index contributed by atoms with van der Waals surface area (Å²) in [5.41, 5.74) is 1.39. The number of hydrogen-bond acceptors (Lipinski definition) is 3. The molecule has 0 heterocycles. The summed E-state index contributed by atoms with van der Waals surface area (Å²) in [6.07, 6.45) is 0.242. The maximum Gasteiger partial charge on any atom is 0.101 e. The zero-order valence-electron chi connectivity index (χ0n) is 9.46. The first kappa shape index (κ1) is 12.8. The smallest absolute Gasteiger partial charge is 0.101 e. The van der Waals surface area contributed by atoms with Crippen LogP contribution < -0.4 is 5.32 Å². The van der Waals surface area contributed by atoms with Gasteiger partial charge in [-0.2, -0.15) is 5.26 Å². The molecule has 0 radical (unpaired) electrons. The first-order chi connectivity index (χ1) is 7.63. The van der Waals surface area contributed by atoms with Crippen LogP contribution in [0.15, 0.2) is 18.2 Å². The van der Waals surface area contributed by atoms with Crippen LogP contribution in [0.2, 0.25) is 5.02 Å². The molecule has 0 unspecified atom stereocenters. The summed E-state index contributed by atoms with van der Waals surface area (Å²) in [6, 6.07) is 7.30. The molecule has 0 aliphatic carbocycles. The van der Waals surface area contributed by atoms with Gasteiger partial charge in [-0.15, -0.1) is 0 Å². The molecule has 1 rings (SSSR count). The Morgan fingerprint density at radius 3 is 2.81 bits per heavy atom. The fraction of sp³-hybridized carbons (Fsp3) is 0.417. The minimum absolute atomic E-state index is 0.242. The number of nitriles is 1. The van der Waals surface area contributed by atoms with E-state index >= 15 is 0 Å². The summed E-state index contributed by atoms with van der Waals surface area (Å²) in [5.74, 6) is 0. The standard InChI is InChI=1S/C12H15ClN2O/c1-9(2)16-6-5-15-11-4-3-10(8-14)12(13)7-11/h3-4,7,9,15H,5-6H2,1-2H3. The molecule has 1 aromatic rings. The second-order valence-electron chi connectivity index (χ2n) is 3.65. The Morgan fingerprint density at radius 1 is 1.50 bits per heavy atom. The van der Waals surface area contributed by atoms with Crippen molar-refractivity contribution in [2.45, 2.75) is 20.0 Å². The normalized spacial score (nSPS) is 10.2. The fourth-order valence-corrected chi connectivity index (χ4v) is 1.43. The van der Waals surface area contributed by atoms with Crippen molar-refractivity contribution in [1.82, 2.24) is 0 Å². The molecule has 86 valence electrons. The van der Waals surface area contributed by atoms with Crippen LogP contribution in [0.3, 0.4) is 0 Å². The largest absolute Gasteiger partial charge is 0.383 e. The molecule has 0 aliphatic rings. The van der Waals surface area contributed by atoms with Gasteiger partial charge in [0.1, 0.15) is 6.07 Å². The van der Waals surface area contributed by atoms with E-state index in [1.54, 1.807) is 12.1 Å². The quantitative estimate of drug-likeness (QED) is 0.802. The number of nitrogens with zero attached hydrogens (tertiary/aromatic N) is 1. The second kappa shape index (κ2) is 6.37. The molecular weight excluding hydrogens is 224 g/mol. The van der Waals surface area contributed by atoms with E-state index in [9.17, 15) is 0 Å². The first-order valence-corrected chi connectivity index (χ1v) is 5.56. The third-order valence-corrected chi connectivity index (χ3v) is 2.28. The van der Waals surface area contributed by atoms with Crippen LogP contribution in [0.1, 0.15) is 19.4 Å². The van der Waals surface area contributed by atoms with E-state index in [0.29, 0.717) is 17.2 Å². The van der Waals surface area contributed by atoms with Gasteiger partial charge < -0.3 is 10.1 Å². The number of nitrogens with one attached hydrogen (secondary N) is 1. The van der Waals surface area contributed by atoms with Crippen LogP contribution in [0.4, 0.5) is 5.69 Å². The zero-order valence-corrected chi connectivity index (χ0v) is 10.2. The third-order valence-electron chi connectivity index (χ3n) is 1.97. The molecule has 1 N–H and O–H groups in total. The molecule has 0 bridgehead atoms. The number of hydrogen-bond donors (Lipinski definition) is 1. The van der Waals surface area contributed by atoms with Gasteiger partial charge in [0.2, 0.25) is 0 Å². The predicted octanol–water partition coefficient (Wildman–Crippen LogP) is 3.05. The number of ether oxygens (including phenoxy) is 1. The monoisotopic (exact) mass is 238 g/mol. The topological polar surface area (TPSA) is 45.0 Å². The number of halogens is 1. The SMILES string of the molecule is CC(C)OCCNc1ccc(C#N)c(Cl)c1. The average molecular weight is 239 g/mol. The van der Waals surface area contributed by atoms with Gasteiger partial charge in [0, 0.05) is 12.2 Å². The Kier molecular flexibility index (Phi) is 5.10. The van der Waals surface area contributed by atoms with Gasteiger partial charge in [-0.25, -0.2) is 0 Å². The molecule has 3 nitrogen and oxygen atoms in total. The number of benzene rings is 1. The lowest BCUT2D eigenvalue weighted by atomic mass is 10.2. The molecule has 0 saturated carbocycles. The van der Waals surface area contributed by atoms with Crippen molar-refractivity contribution in [1.29, 1.82) is 5.26 Å². The maximum absolute atomic E-state index is 8.71. The van der Waals surface area contributed by atoms with Crippen molar-refractivity contribution in [3.05, 3.63) is 28.8 Å². The third kappa shape index (κ3) is 4.09. The lowest BCUT2D eigenvalue weighted by molar-refractivity contribution is 0.0870. The van der Waals surface area contributed by atoms with Crippen LogP contribution in [0, 0.1) is 11.3 Å². The molecule has 0 amide bonds. The van der Waals surface area contributed by atoms with Crippen molar-refractivity contribution < 1.29 is 4.74 Å². The molecule has 0 atom stereocenters. The minimum atomic E-state index is 0.242. The summed E-state index contributed by atoms with van der Waals surface area (Å²) >= 11 is 5.90. The molecular formula is C12H15ClN2O. The van der Waals surface area contributed by atoms with E-state index < -0.39 is 0 Å². The van der Waals surface area contributed by atoms with Gasteiger partial charge >= 0.3 is 0 Å². The Morgan fingerprint density at radius 2 is 2.25 bits per heavy atom. The zero-order chi connectivity index (χ0) is 12.0. The van der Waals surface area contributed by atoms with Crippen molar-refractivity contribution >= 4 is 17.3 Å². The van der Waals surface area contributed by atoms with Gasteiger partial charge in [-0.1, -0.05) is 11.6 Å². The van der Waals surface area contributed by atoms with Gasteiger partial charge in [-0.3, -0.25) is 0 Å². The summed E-state index contributed by atoms with van der Waals surface area (Å²) in [6.45, 7) is 5.37. The molecule has 4 heteroatoms. The van der Waals surface area contributed by atoms with Crippen molar-refractivity contribution in [2.24, 2.45) is 0 Å². The Balaban J connectivity index is 2.44. The van der Waals surface area contributed by atoms with E-state index in [4.69, 9.17) is 21.6 Å². The Bertz CT molecular complexity index is 385. The Hall–Kier alpha value is -1.24. The fourth-order valence-electron chi connectivity index (χ4n) is 1.21. The number of rotatable bonds is 5. The predicted molar refractivity (Wildman–Crippen MR) is 65.7 cm³/mol. The van der Waals surface area contributed by atoms with Crippen LogP contribution in [0.25, 0.3) is 0 Å². The van der Waals surface area contributed by atoms with Crippen molar-refractivity contribution in [3.8, 4) is 6.07 Å². The molecule has 0 saturated heterocycles. The van der Waals surface area contributed by atoms with Crippen LogP contribution in [0.5, 0.6) is 0 Å². The summed E-state index contributed by atoms with van der Waals surface area (Å²) in [4.78, 5) is 0. The highest BCUT2D eigenvalue weighted by Gasteiger charge is 2.00. The molecule has 16 heavy (non-hydrogen) atoms.